The summed E-state index contributed by atoms with van der Waals surface area (Å²) >= 11 is 0. The molecule has 0 aliphatic heterocycles. The normalized spacial score (nSPS) is 10.2. The van der Waals surface area contributed by atoms with Gasteiger partial charge in [0.25, 0.3) is 0 Å². The molecule has 0 radical (unpaired) electrons. The number of anilines is 1. The minimum atomic E-state index is -1.21. The number of aromatic nitrogens is 1. The van der Waals surface area contributed by atoms with E-state index in [1.54, 1.807) is 0 Å². The second-order valence-corrected chi connectivity index (χ2v) is 4.15. The van der Waals surface area contributed by atoms with Crippen molar-refractivity contribution in [1.29, 1.82) is 0 Å². The van der Waals surface area contributed by atoms with Gasteiger partial charge in [-0.1, -0.05) is 6.07 Å². The van der Waals surface area contributed by atoms with E-state index >= 15 is 0 Å². The molecule has 0 unspecified atom stereocenters. The number of nitrogens with zero attached hydrogens (tertiary/aromatic N) is 1. The topological polar surface area (TPSA) is 103 Å². The number of carboxylic acids is 1. The van der Waals surface area contributed by atoms with Crippen LogP contribution in [0.4, 0.5) is 10.2 Å². The lowest BCUT2D eigenvalue weighted by Gasteiger charge is -2.08. The Hall–Kier alpha value is -2.96. The Morgan fingerprint density at radius 3 is 2.57 bits per heavy atom. The SMILES string of the molecule is COC(=O)c1ccc(-c2cnc(N)cc2C(=O)O)cc1F. The van der Waals surface area contributed by atoms with Crippen LogP contribution in [0.3, 0.4) is 0 Å². The van der Waals surface area contributed by atoms with Crippen LogP contribution in [0.2, 0.25) is 0 Å². The molecular formula is C14H11FN2O4. The number of hydrogen-bond acceptors (Lipinski definition) is 5. The Bertz CT molecular complexity index is 731. The predicted molar refractivity (Wildman–Crippen MR) is 72.3 cm³/mol. The van der Waals surface area contributed by atoms with E-state index in [4.69, 9.17) is 10.8 Å². The summed E-state index contributed by atoms with van der Waals surface area (Å²) in [5.74, 6) is -2.79. The molecule has 1 aromatic carbocycles. The van der Waals surface area contributed by atoms with Gasteiger partial charge in [-0.2, -0.15) is 0 Å². The molecule has 1 aromatic heterocycles. The number of pyridine rings is 1. The Labute approximate surface area is 119 Å². The quantitative estimate of drug-likeness (QED) is 0.838. The van der Waals surface area contributed by atoms with Crippen LogP contribution in [-0.2, 0) is 4.74 Å². The second kappa shape index (κ2) is 5.58. The number of rotatable bonds is 3. The third kappa shape index (κ3) is 2.81. The van der Waals surface area contributed by atoms with Crippen molar-refractivity contribution < 1.29 is 23.8 Å². The van der Waals surface area contributed by atoms with Crippen LogP contribution in [-0.4, -0.2) is 29.1 Å². The van der Waals surface area contributed by atoms with Crippen LogP contribution in [0.1, 0.15) is 20.7 Å². The first-order valence-corrected chi connectivity index (χ1v) is 5.81. The summed E-state index contributed by atoms with van der Waals surface area (Å²) in [7, 11) is 1.14. The number of ether oxygens (including phenoxy) is 1. The van der Waals surface area contributed by atoms with E-state index in [1.807, 2.05) is 0 Å². The molecule has 2 rings (SSSR count). The third-order valence-corrected chi connectivity index (χ3v) is 2.84. The van der Waals surface area contributed by atoms with Crippen molar-refractivity contribution in [2.75, 3.05) is 12.8 Å². The molecule has 1 heterocycles. The Morgan fingerprint density at radius 1 is 1.29 bits per heavy atom. The molecule has 0 aliphatic rings. The number of methoxy groups -OCH3 is 1. The maximum absolute atomic E-state index is 13.9. The highest BCUT2D eigenvalue weighted by Crippen LogP contribution is 2.26. The number of carbonyl (C=O) groups excluding carboxylic acids is 1. The van der Waals surface area contributed by atoms with Crippen molar-refractivity contribution in [3.63, 3.8) is 0 Å². The maximum atomic E-state index is 13.9. The van der Waals surface area contributed by atoms with Gasteiger partial charge in [-0.25, -0.2) is 19.0 Å². The van der Waals surface area contributed by atoms with Gasteiger partial charge in [-0.3, -0.25) is 0 Å². The van der Waals surface area contributed by atoms with Crippen molar-refractivity contribution >= 4 is 17.8 Å². The number of carbonyl (C=O) groups is 2. The molecule has 0 saturated heterocycles. The molecule has 0 spiro atoms. The molecule has 0 amide bonds. The highest BCUT2D eigenvalue weighted by atomic mass is 19.1. The van der Waals surface area contributed by atoms with Gasteiger partial charge in [0.05, 0.1) is 18.2 Å². The number of halogens is 1. The van der Waals surface area contributed by atoms with Crippen molar-refractivity contribution in [3.8, 4) is 11.1 Å². The van der Waals surface area contributed by atoms with E-state index in [-0.39, 0.29) is 28.1 Å². The van der Waals surface area contributed by atoms with Gasteiger partial charge < -0.3 is 15.6 Å². The van der Waals surface area contributed by atoms with Crippen molar-refractivity contribution in [2.45, 2.75) is 0 Å². The largest absolute Gasteiger partial charge is 0.478 e. The van der Waals surface area contributed by atoms with E-state index in [2.05, 4.69) is 9.72 Å². The first-order chi connectivity index (χ1) is 9.93. The smallest absolute Gasteiger partial charge is 0.340 e. The molecule has 0 fully saturated rings. The lowest BCUT2D eigenvalue weighted by atomic mass is 10.00. The summed E-state index contributed by atoms with van der Waals surface area (Å²) in [6.45, 7) is 0. The Balaban J connectivity index is 2.56. The molecule has 0 bridgehead atoms. The van der Waals surface area contributed by atoms with Crippen molar-refractivity contribution in [2.24, 2.45) is 0 Å². The zero-order valence-corrected chi connectivity index (χ0v) is 11.0. The zero-order valence-electron chi connectivity index (χ0n) is 11.0. The number of carboxylic acid groups (broad SMARTS) is 1. The summed E-state index contributed by atoms with van der Waals surface area (Å²) in [5, 5.41) is 9.15. The van der Waals surface area contributed by atoms with Crippen LogP contribution in [0, 0.1) is 5.82 Å². The highest BCUT2D eigenvalue weighted by Gasteiger charge is 2.17. The molecular weight excluding hydrogens is 279 g/mol. The summed E-state index contributed by atoms with van der Waals surface area (Å²) < 4.78 is 18.3. The molecule has 0 atom stereocenters. The summed E-state index contributed by atoms with van der Waals surface area (Å²) in [6, 6.07) is 4.86. The number of esters is 1. The number of aromatic carboxylic acids is 1. The molecule has 3 N–H and O–H groups in total. The van der Waals surface area contributed by atoms with Crippen molar-refractivity contribution in [1.82, 2.24) is 4.98 Å². The fraction of sp³-hybridized carbons (Fsp3) is 0.0714. The van der Waals surface area contributed by atoms with Crippen LogP contribution in [0.25, 0.3) is 11.1 Å². The standard InChI is InChI=1S/C14H11FN2O4/c1-21-14(20)8-3-2-7(4-11(8)15)10-6-17-12(16)5-9(10)13(18)19/h2-6H,1H3,(H2,16,17)(H,18,19). The highest BCUT2D eigenvalue weighted by molar-refractivity contribution is 5.97. The lowest BCUT2D eigenvalue weighted by Crippen LogP contribution is -2.06. The monoisotopic (exact) mass is 290 g/mol. The minimum absolute atomic E-state index is 0.0443. The molecule has 6 nitrogen and oxygen atoms in total. The number of nitrogen functional groups attached to an aromatic ring is 1. The van der Waals surface area contributed by atoms with E-state index in [0.29, 0.717) is 0 Å². The van der Waals surface area contributed by atoms with Crippen LogP contribution in [0.5, 0.6) is 0 Å². The Kier molecular flexibility index (Phi) is 3.84. The van der Waals surface area contributed by atoms with Crippen LogP contribution < -0.4 is 5.73 Å². The van der Waals surface area contributed by atoms with Crippen LogP contribution in [0.15, 0.2) is 30.5 Å². The summed E-state index contributed by atoms with van der Waals surface area (Å²) in [6.07, 6.45) is 1.24. The lowest BCUT2D eigenvalue weighted by molar-refractivity contribution is 0.0594. The first kappa shape index (κ1) is 14.4. The average Bonchev–Trinajstić information content (AvgIpc) is 2.46. The van der Waals surface area contributed by atoms with E-state index in [1.165, 1.54) is 24.4 Å². The van der Waals surface area contributed by atoms with E-state index in [9.17, 15) is 14.0 Å². The minimum Gasteiger partial charge on any atom is -0.478 e. The second-order valence-electron chi connectivity index (χ2n) is 4.15. The molecule has 0 aliphatic carbocycles. The van der Waals surface area contributed by atoms with E-state index in [0.717, 1.165) is 13.2 Å². The van der Waals surface area contributed by atoms with Gasteiger partial charge in [0.1, 0.15) is 11.6 Å². The summed E-state index contributed by atoms with van der Waals surface area (Å²) in [4.78, 5) is 26.3. The molecule has 2 aromatic rings. The van der Waals surface area contributed by atoms with Crippen molar-refractivity contribution in [3.05, 3.63) is 47.4 Å². The summed E-state index contributed by atoms with van der Waals surface area (Å²) in [5.41, 5.74) is 5.58. The van der Waals surface area contributed by atoms with Gasteiger partial charge >= 0.3 is 11.9 Å². The average molecular weight is 290 g/mol. The van der Waals surface area contributed by atoms with Crippen LogP contribution >= 0.6 is 0 Å². The molecule has 7 heteroatoms. The molecule has 21 heavy (non-hydrogen) atoms. The Morgan fingerprint density at radius 2 is 2.00 bits per heavy atom. The van der Waals surface area contributed by atoms with Gasteiger partial charge in [-0.05, 0) is 23.8 Å². The molecule has 0 saturated carbocycles. The number of benzene rings is 1. The zero-order chi connectivity index (χ0) is 15.6. The fourth-order valence-electron chi connectivity index (χ4n) is 1.84. The number of hydrogen-bond donors (Lipinski definition) is 2. The number of nitrogens with two attached hydrogens (primary N) is 1. The fourth-order valence-corrected chi connectivity index (χ4v) is 1.84. The first-order valence-electron chi connectivity index (χ1n) is 5.81. The van der Waals surface area contributed by atoms with Gasteiger partial charge in [0, 0.05) is 11.8 Å². The molecule has 108 valence electrons. The van der Waals surface area contributed by atoms with Gasteiger partial charge in [0.15, 0.2) is 0 Å². The van der Waals surface area contributed by atoms with Gasteiger partial charge in [0.2, 0.25) is 0 Å². The third-order valence-electron chi connectivity index (χ3n) is 2.84. The van der Waals surface area contributed by atoms with Gasteiger partial charge in [-0.15, -0.1) is 0 Å². The maximum Gasteiger partial charge on any atom is 0.340 e. The predicted octanol–water partition coefficient (Wildman–Crippen LogP) is 1.95. The van der Waals surface area contributed by atoms with E-state index < -0.39 is 17.8 Å².